The van der Waals surface area contributed by atoms with Crippen LogP contribution in [0.5, 0.6) is 0 Å². The van der Waals surface area contributed by atoms with E-state index in [0.29, 0.717) is 0 Å². The summed E-state index contributed by atoms with van der Waals surface area (Å²) < 4.78 is 0. The zero-order valence-corrected chi connectivity index (χ0v) is 7.11. The molecule has 0 bridgehead atoms. The van der Waals surface area contributed by atoms with E-state index in [9.17, 15) is 4.79 Å². The number of carbonyl (C=O) groups is 1. The molecular formula is C9H16O. The fourth-order valence-electron chi connectivity index (χ4n) is 0.938. The zero-order chi connectivity index (χ0) is 7.98. The van der Waals surface area contributed by atoms with Gasteiger partial charge in [-0.2, -0.15) is 0 Å². The van der Waals surface area contributed by atoms with Gasteiger partial charge in [-0.1, -0.05) is 26.3 Å². The molecule has 0 aromatic carbocycles. The summed E-state index contributed by atoms with van der Waals surface area (Å²) in [6.07, 6.45) is 4.98. The smallest absolute Gasteiger partial charge is 0.155 e. The van der Waals surface area contributed by atoms with Crippen LogP contribution in [-0.2, 0) is 4.79 Å². The lowest BCUT2D eigenvalue weighted by molar-refractivity contribution is -0.113. The summed E-state index contributed by atoms with van der Waals surface area (Å²) in [5.74, 6) is 0.226. The normalized spacial score (nSPS) is 11.7. The minimum absolute atomic E-state index is 0.226. The highest BCUT2D eigenvalue weighted by atomic mass is 16.1. The number of hydrogen-bond donors (Lipinski definition) is 0. The predicted molar refractivity (Wildman–Crippen MR) is 44.0 cm³/mol. The first-order chi connectivity index (χ1) is 4.72. The SMILES string of the molecule is CC/C=C(\CCC)C(C)=O. The molecule has 0 N–H and O–H groups in total. The standard InChI is InChI=1S/C9H16O/c1-4-6-9(7-5-2)8(3)10/h6H,4-5,7H2,1-3H3/b9-6+. The van der Waals surface area contributed by atoms with E-state index < -0.39 is 0 Å². The molecule has 0 heterocycles. The quantitative estimate of drug-likeness (QED) is 0.549. The van der Waals surface area contributed by atoms with Crippen molar-refractivity contribution in [2.75, 3.05) is 0 Å². The minimum atomic E-state index is 0.226. The highest BCUT2D eigenvalue weighted by Gasteiger charge is 1.99. The van der Waals surface area contributed by atoms with Crippen molar-refractivity contribution in [3.05, 3.63) is 11.6 Å². The molecule has 0 saturated heterocycles. The van der Waals surface area contributed by atoms with Crippen molar-refractivity contribution in [3.63, 3.8) is 0 Å². The Balaban J connectivity index is 3.98. The summed E-state index contributed by atoms with van der Waals surface area (Å²) in [5, 5.41) is 0. The Morgan fingerprint density at radius 1 is 1.40 bits per heavy atom. The van der Waals surface area contributed by atoms with Crippen LogP contribution in [-0.4, -0.2) is 5.78 Å². The largest absolute Gasteiger partial charge is 0.295 e. The van der Waals surface area contributed by atoms with Gasteiger partial charge in [0, 0.05) is 0 Å². The van der Waals surface area contributed by atoms with Gasteiger partial charge in [0.05, 0.1) is 0 Å². The Morgan fingerprint density at radius 2 is 2.00 bits per heavy atom. The summed E-state index contributed by atoms with van der Waals surface area (Å²) in [4.78, 5) is 10.9. The van der Waals surface area contributed by atoms with Gasteiger partial charge in [-0.05, 0) is 25.3 Å². The molecule has 0 rings (SSSR count). The summed E-state index contributed by atoms with van der Waals surface area (Å²) in [6.45, 7) is 5.78. The van der Waals surface area contributed by atoms with E-state index in [1.807, 2.05) is 6.08 Å². The molecule has 10 heavy (non-hydrogen) atoms. The highest BCUT2D eigenvalue weighted by Crippen LogP contribution is 2.06. The summed E-state index contributed by atoms with van der Waals surface area (Å²) >= 11 is 0. The molecule has 0 aliphatic rings. The number of rotatable bonds is 4. The number of allylic oxidation sites excluding steroid dienone is 2. The van der Waals surface area contributed by atoms with E-state index in [1.54, 1.807) is 6.92 Å². The molecule has 0 aromatic heterocycles. The number of ketones is 1. The van der Waals surface area contributed by atoms with Crippen molar-refractivity contribution in [2.45, 2.75) is 40.0 Å². The van der Waals surface area contributed by atoms with E-state index in [2.05, 4.69) is 13.8 Å². The monoisotopic (exact) mass is 140 g/mol. The van der Waals surface area contributed by atoms with Crippen LogP contribution >= 0.6 is 0 Å². The van der Waals surface area contributed by atoms with Crippen LogP contribution in [0.2, 0.25) is 0 Å². The molecule has 58 valence electrons. The van der Waals surface area contributed by atoms with Crippen LogP contribution in [0.15, 0.2) is 11.6 Å². The molecule has 0 spiro atoms. The molecule has 0 unspecified atom stereocenters. The van der Waals surface area contributed by atoms with E-state index in [4.69, 9.17) is 0 Å². The molecule has 1 heteroatoms. The number of carbonyl (C=O) groups excluding carboxylic acids is 1. The van der Waals surface area contributed by atoms with Gasteiger partial charge in [0.1, 0.15) is 0 Å². The molecule has 0 aliphatic carbocycles. The van der Waals surface area contributed by atoms with Gasteiger partial charge in [-0.25, -0.2) is 0 Å². The summed E-state index contributed by atoms with van der Waals surface area (Å²) in [7, 11) is 0. The molecule has 0 atom stereocenters. The fraction of sp³-hybridized carbons (Fsp3) is 0.667. The maximum atomic E-state index is 10.9. The molecule has 1 nitrogen and oxygen atoms in total. The van der Waals surface area contributed by atoms with Crippen LogP contribution in [0.25, 0.3) is 0 Å². The van der Waals surface area contributed by atoms with Gasteiger partial charge in [0.2, 0.25) is 0 Å². The maximum absolute atomic E-state index is 10.9. The van der Waals surface area contributed by atoms with Crippen LogP contribution in [0, 0.1) is 0 Å². The first kappa shape index (κ1) is 9.41. The van der Waals surface area contributed by atoms with E-state index >= 15 is 0 Å². The summed E-state index contributed by atoms with van der Waals surface area (Å²) in [5.41, 5.74) is 0.991. The second-order valence-electron chi connectivity index (χ2n) is 2.44. The van der Waals surface area contributed by atoms with Crippen molar-refractivity contribution in [3.8, 4) is 0 Å². The Kier molecular flexibility index (Phi) is 4.91. The third kappa shape index (κ3) is 3.44. The number of hydrogen-bond acceptors (Lipinski definition) is 1. The number of Topliss-reactive ketones (excluding diaryl/α,β-unsaturated/α-hetero) is 1. The lowest BCUT2D eigenvalue weighted by Gasteiger charge is -1.98. The van der Waals surface area contributed by atoms with Gasteiger partial charge in [0.25, 0.3) is 0 Å². The van der Waals surface area contributed by atoms with E-state index in [1.165, 1.54) is 0 Å². The topological polar surface area (TPSA) is 17.1 Å². The summed E-state index contributed by atoms with van der Waals surface area (Å²) in [6, 6.07) is 0. The molecule has 0 aliphatic heterocycles. The lowest BCUT2D eigenvalue weighted by Crippen LogP contribution is -1.95. The minimum Gasteiger partial charge on any atom is -0.295 e. The van der Waals surface area contributed by atoms with Crippen LogP contribution in [0.3, 0.4) is 0 Å². The van der Waals surface area contributed by atoms with E-state index in [0.717, 1.165) is 24.8 Å². The van der Waals surface area contributed by atoms with Crippen molar-refractivity contribution in [1.82, 2.24) is 0 Å². The van der Waals surface area contributed by atoms with Gasteiger partial charge in [-0.3, -0.25) is 4.79 Å². The predicted octanol–water partition coefficient (Wildman–Crippen LogP) is 2.71. The maximum Gasteiger partial charge on any atom is 0.155 e. The van der Waals surface area contributed by atoms with Crippen molar-refractivity contribution < 1.29 is 4.79 Å². The van der Waals surface area contributed by atoms with Crippen LogP contribution < -0.4 is 0 Å². The van der Waals surface area contributed by atoms with Crippen molar-refractivity contribution in [1.29, 1.82) is 0 Å². The van der Waals surface area contributed by atoms with Gasteiger partial charge in [0.15, 0.2) is 5.78 Å². The van der Waals surface area contributed by atoms with Crippen molar-refractivity contribution in [2.24, 2.45) is 0 Å². The molecule has 0 saturated carbocycles. The lowest BCUT2D eigenvalue weighted by atomic mass is 10.1. The zero-order valence-electron chi connectivity index (χ0n) is 7.11. The Hall–Kier alpha value is -0.590. The van der Waals surface area contributed by atoms with Gasteiger partial charge < -0.3 is 0 Å². The van der Waals surface area contributed by atoms with E-state index in [-0.39, 0.29) is 5.78 Å². The third-order valence-corrected chi connectivity index (χ3v) is 1.42. The molecular weight excluding hydrogens is 124 g/mol. The van der Waals surface area contributed by atoms with Gasteiger partial charge in [-0.15, -0.1) is 0 Å². The molecule has 0 fully saturated rings. The Morgan fingerprint density at radius 3 is 2.30 bits per heavy atom. The first-order valence-electron chi connectivity index (χ1n) is 3.92. The van der Waals surface area contributed by atoms with Crippen molar-refractivity contribution >= 4 is 5.78 Å². The Labute approximate surface area is 63.1 Å². The van der Waals surface area contributed by atoms with Gasteiger partial charge >= 0.3 is 0 Å². The first-order valence-corrected chi connectivity index (χ1v) is 3.92. The molecule has 0 aromatic rings. The second kappa shape index (κ2) is 5.21. The average molecular weight is 140 g/mol. The van der Waals surface area contributed by atoms with Crippen LogP contribution in [0.1, 0.15) is 40.0 Å². The third-order valence-electron chi connectivity index (χ3n) is 1.42. The second-order valence-corrected chi connectivity index (χ2v) is 2.44. The highest BCUT2D eigenvalue weighted by molar-refractivity contribution is 5.93. The van der Waals surface area contributed by atoms with Crippen LogP contribution in [0.4, 0.5) is 0 Å². The molecule has 0 radical (unpaired) electrons. The molecule has 0 amide bonds. The average Bonchev–Trinajstić information content (AvgIpc) is 1.87. The Bertz CT molecular complexity index is 134. The fourth-order valence-corrected chi connectivity index (χ4v) is 0.938.